The smallest absolute Gasteiger partial charge is 0.126 e. The fraction of sp³-hybridized carbons (Fsp3) is 0.412. The van der Waals surface area contributed by atoms with E-state index in [0.29, 0.717) is 12.0 Å². The second kappa shape index (κ2) is 5.76. The lowest BCUT2D eigenvalue weighted by atomic mass is 9.87. The first-order valence-electron chi connectivity index (χ1n) is 7.21. The molecule has 1 aromatic rings. The molecule has 0 bridgehead atoms. The second-order valence-corrected chi connectivity index (χ2v) is 6.50. The van der Waals surface area contributed by atoms with Crippen molar-refractivity contribution in [2.45, 2.75) is 31.7 Å². The number of dihydropyridines is 1. The van der Waals surface area contributed by atoms with Crippen LogP contribution in [0.15, 0.2) is 34.5 Å². The lowest BCUT2D eigenvalue weighted by Gasteiger charge is -2.29. The summed E-state index contributed by atoms with van der Waals surface area (Å²) in [7, 11) is 3.43. The third-order valence-electron chi connectivity index (χ3n) is 4.42. The van der Waals surface area contributed by atoms with E-state index in [1.165, 1.54) is 16.7 Å². The zero-order chi connectivity index (χ0) is 15.0. The number of rotatable bonds is 2. The molecule has 2 aliphatic rings. The van der Waals surface area contributed by atoms with Gasteiger partial charge in [-0.1, -0.05) is 6.92 Å². The highest BCUT2D eigenvalue weighted by Crippen LogP contribution is 2.42. The summed E-state index contributed by atoms with van der Waals surface area (Å²) in [6.07, 6.45) is 6.34. The van der Waals surface area contributed by atoms with Crippen molar-refractivity contribution in [3.63, 3.8) is 0 Å². The van der Waals surface area contributed by atoms with E-state index < -0.39 is 0 Å². The molecule has 1 N–H and O–H groups in total. The summed E-state index contributed by atoms with van der Waals surface area (Å²) < 4.78 is 12.1. The van der Waals surface area contributed by atoms with Crippen molar-refractivity contribution in [3.05, 3.63) is 45.6 Å². The number of hydrogen-bond acceptors (Lipinski definition) is 3. The molecule has 3 rings (SSSR count). The van der Waals surface area contributed by atoms with Crippen LogP contribution in [0, 0.1) is 0 Å². The molecule has 3 nitrogen and oxygen atoms in total. The summed E-state index contributed by atoms with van der Waals surface area (Å²) in [6, 6.07) is 4.46. The van der Waals surface area contributed by atoms with Gasteiger partial charge in [0.25, 0.3) is 0 Å². The molecule has 1 aromatic carbocycles. The molecule has 1 aliphatic heterocycles. The van der Waals surface area contributed by atoms with E-state index >= 15 is 0 Å². The summed E-state index contributed by atoms with van der Waals surface area (Å²) in [6.45, 7) is 2.26. The Morgan fingerprint density at radius 1 is 1.19 bits per heavy atom. The van der Waals surface area contributed by atoms with E-state index in [2.05, 4.69) is 40.3 Å². The van der Waals surface area contributed by atoms with Gasteiger partial charge in [0.05, 0.1) is 20.3 Å². The van der Waals surface area contributed by atoms with Crippen LogP contribution in [0.3, 0.4) is 0 Å². The molecule has 0 spiro atoms. The van der Waals surface area contributed by atoms with Crippen molar-refractivity contribution in [1.29, 1.82) is 0 Å². The molecule has 2 atom stereocenters. The molecule has 0 fully saturated rings. The predicted octanol–water partition coefficient (Wildman–Crippen LogP) is 3.89. The molecule has 0 saturated heterocycles. The average molecular weight is 350 g/mol. The van der Waals surface area contributed by atoms with E-state index in [9.17, 15) is 0 Å². The molecule has 0 saturated carbocycles. The standard InChI is InChI=1S/C17H20BrNO2/c1-10-16-11(7-14(20-2)8-15(16)21-3)4-5-12-6-13(18)9-19-17(10)12/h6-10,17,19H,4-5H2,1-3H3. The van der Waals surface area contributed by atoms with Crippen molar-refractivity contribution < 1.29 is 9.47 Å². The number of halogens is 1. The van der Waals surface area contributed by atoms with Crippen LogP contribution in [-0.2, 0) is 6.42 Å². The number of aryl methyl sites for hydroxylation is 1. The topological polar surface area (TPSA) is 30.5 Å². The SMILES string of the molecule is COc1cc2c(c(OC)c1)C(C)C1NC=C(Br)C=C1CC2. The summed E-state index contributed by atoms with van der Waals surface area (Å²) in [4.78, 5) is 0. The fourth-order valence-corrected chi connectivity index (χ4v) is 3.82. The first kappa shape index (κ1) is 14.5. The Morgan fingerprint density at radius 2 is 2.00 bits per heavy atom. The van der Waals surface area contributed by atoms with Crippen molar-refractivity contribution in [2.75, 3.05) is 14.2 Å². The van der Waals surface area contributed by atoms with Gasteiger partial charge in [-0.3, -0.25) is 0 Å². The molecule has 112 valence electrons. The van der Waals surface area contributed by atoms with Gasteiger partial charge >= 0.3 is 0 Å². The van der Waals surface area contributed by atoms with Crippen molar-refractivity contribution >= 4 is 15.9 Å². The quantitative estimate of drug-likeness (QED) is 0.878. The van der Waals surface area contributed by atoms with E-state index in [1.807, 2.05) is 12.3 Å². The Labute approximate surface area is 134 Å². The molecule has 2 unspecified atom stereocenters. The Kier molecular flexibility index (Phi) is 3.98. The van der Waals surface area contributed by atoms with E-state index in [4.69, 9.17) is 9.47 Å². The number of nitrogens with one attached hydrogen (secondary N) is 1. The van der Waals surface area contributed by atoms with Gasteiger partial charge < -0.3 is 14.8 Å². The highest BCUT2D eigenvalue weighted by atomic mass is 79.9. The monoisotopic (exact) mass is 349 g/mol. The third-order valence-corrected chi connectivity index (χ3v) is 4.88. The minimum Gasteiger partial charge on any atom is -0.497 e. The van der Waals surface area contributed by atoms with Gasteiger partial charge in [0, 0.05) is 28.2 Å². The van der Waals surface area contributed by atoms with Crippen LogP contribution in [0.25, 0.3) is 0 Å². The number of methoxy groups -OCH3 is 2. The molecular formula is C17H20BrNO2. The normalized spacial score (nSPS) is 23.8. The fourth-order valence-electron chi connectivity index (χ4n) is 3.39. The average Bonchev–Trinajstić information content (AvgIpc) is 2.63. The highest BCUT2D eigenvalue weighted by Gasteiger charge is 2.31. The predicted molar refractivity (Wildman–Crippen MR) is 88.3 cm³/mol. The first-order valence-corrected chi connectivity index (χ1v) is 8.00. The lowest BCUT2D eigenvalue weighted by Crippen LogP contribution is -2.33. The minimum atomic E-state index is 0.329. The largest absolute Gasteiger partial charge is 0.497 e. The number of hydrogen-bond donors (Lipinski definition) is 1. The van der Waals surface area contributed by atoms with Crippen molar-refractivity contribution in [3.8, 4) is 11.5 Å². The minimum absolute atomic E-state index is 0.329. The Morgan fingerprint density at radius 3 is 2.71 bits per heavy atom. The molecule has 1 heterocycles. The third kappa shape index (κ3) is 2.57. The van der Waals surface area contributed by atoms with Gasteiger partial charge in [-0.25, -0.2) is 0 Å². The van der Waals surface area contributed by atoms with Crippen LogP contribution in [0.2, 0.25) is 0 Å². The second-order valence-electron chi connectivity index (χ2n) is 5.58. The molecular weight excluding hydrogens is 330 g/mol. The zero-order valence-corrected chi connectivity index (χ0v) is 14.2. The zero-order valence-electron chi connectivity index (χ0n) is 12.6. The van der Waals surface area contributed by atoms with Gasteiger partial charge in [-0.2, -0.15) is 0 Å². The number of fused-ring (bicyclic) bond motifs is 2. The highest BCUT2D eigenvalue weighted by molar-refractivity contribution is 9.11. The summed E-state index contributed by atoms with van der Waals surface area (Å²) in [5.74, 6) is 2.14. The van der Waals surface area contributed by atoms with Gasteiger partial charge in [-0.15, -0.1) is 0 Å². The van der Waals surface area contributed by atoms with Crippen LogP contribution < -0.4 is 14.8 Å². The maximum Gasteiger partial charge on any atom is 0.126 e. The molecule has 4 heteroatoms. The van der Waals surface area contributed by atoms with Crippen molar-refractivity contribution in [2.24, 2.45) is 0 Å². The summed E-state index contributed by atoms with van der Waals surface area (Å²) in [5, 5.41) is 3.52. The lowest BCUT2D eigenvalue weighted by molar-refractivity contribution is 0.386. The number of ether oxygens (including phenoxy) is 2. The van der Waals surface area contributed by atoms with Gasteiger partial charge in [0.2, 0.25) is 0 Å². The van der Waals surface area contributed by atoms with E-state index in [-0.39, 0.29) is 0 Å². The van der Waals surface area contributed by atoms with Gasteiger partial charge in [0.15, 0.2) is 0 Å². The van der Waals surface area contributed by atoms with Crippen LogP contribution >= 0.6 is 15.9 Å². The number of benzene rings is 1. The molecule has 1 aliphatic carbocycles. The van der Waals surface area contributed by atoms with Crippen LogP contribution in [0.5, 0.6) is 11.5 Å². The van der Waals surface area contributed by atoms with Crippen LogP contribution in [0.4, 0.5) is 0 Å². The van der Waals surface area contributed by atoms with Crippen LogP contribution in [-0.4, -0.2) is 20.3 Å². The maximum atomic E-state index is 5.63. The number of allylic oxidation sites excluding steroid dienone is 2. The summed E-state index contributed by atoms with van der Waals surface area (Å²) >= 11 is 3.56. The molecule has 0 amide bonds. The van der Waals surface area contributed by atoms with Gasteiger partial charge in [-0.05, 0) is 52.1 Å². The maximum absolute atomic E-state index is 5.63. The Balaban J connectivity index is 2.09. The van der Waals surface area contributed by atoms with Crippen molar-refractivity contribution in [1.82, 2.24) is 5.32 Å². The molecule has 0 radical (unpaired) electrons. The van der Waals surface area contributed by atoms with E-state index in [0.717, 1.165) is 28.8 Å². The van der Waals surface area contributed by atoms with Crippen LogP contribution in [0.1, 0.15) is 30.4 Å². The summed E-state index contributed by atoms with van der Waals surface area (Å²) in [5.41, 5.74) is 4.06. The first-order chi connectivity index (χ1) is 10.1. The van der Waals surface area contributed by atoms with Gasteiger partial charge in [0.1, 0.15) is 11.5 Å². The Hall–Kier alpha value is -1.42. The Bertz CT molecular complexity index is 621. The van der Waals surface area contributed by atoms with E-state index in [1.54, 1.807) is 14.2 Å². The molecule has 0 aromatic heterocycles. The molecule has 21 heavy (non-hydrogen) atoms.